The zero-order valence-electron chi connectivity index (χ0n) is 11.0. The van der Waals surface area contributed by atoms with E-state index in [4.69, 9.17) is 16.2 Å². The molecular formula is C13H12Br2N4O2. The summed E-state index contributed by atoms with van der Waals surface area (Å²) in [5, 5.41) is 3.04. The van der Waals surface area contributed by atoms with Crippen LogP contribution in [0.25, 0.3) is 0 Å². The normalized spacial score (nSPS) is 10.2. The minimum absolute atomic E-state index is 0.212. The van der Waals surface area contributed by atoms with E-state index in [1.54, 1.807) is 13.2 Å². The van der Waals surface area contributed by atoms with Crippen molar-refractivity contribution >= 4 is 55.0 Å². The second kappa shape index (κ2) is 6.31. The Labute approximate surface area is 138 Å². The van der Waals surface area contributed by atoms with Gasteiger partial charge in [0, 0.05) is 10.5 Å². The molecule has 5 N–H and O–H groups in total. The van der Waals surface area contributed by atoms with E-state index in [1.807, 2.05) is 6.07 Å². The molecule has 0 saturated heterocycles. The third-order valence-electron chi connectivity index (χ3n) is 2.67. The highest BCUT2D eigenvalue weighted by Gasteiger charge is 2.13. The number of hydrogen-bond donors (Lipinski definition) is 3. The minimum Gasteiger partial charge on any atom is -0.495 e. The molecule has 0 aliphatic carbocycles. The molecule has 0 aliphatic rings. The van der Waals surface area contributed by atoms with Gasteiger partial charge in [0.25, 0.3) is 5.91 Å². The first-order valence-corrected chi connectivity index (χ1v) is 7.36. The van der Waals surface area contributed by atoms with Crippen LogP contribution < -0.4 is 21.5 Å². The van der Waals surface area contributed by atoms with Crippen molar-refractivity contribution in [1.29, 1.82) is 0 Å². The number of carbonyl (C=O) groups excluding carboxylic acids is 1. The summed E-state index contributed by atoms with van der Waals surface area (Å²) in [6.45, 7) is 0. The van der Waals surface area contributed by atoms with E-state index in [-0.39, 0.29) is 5.56 Å². The number of nitrogen functional groups attached to an aromatic ring is 1. The molecule has 2 rings (SSSR count). The molecule has 0 atom stereocenters. The number of methoxy groups -OCH3 is 1. The largest absolute Gasteiger partial charge is 0.495 e. The standard InChI is InChI=1S/C13H12Br2N4O2/c1-21-11-4-10(8(14)3-9(11)15)19-13-7(12(17)20)2-6(16)5-18-13/h2-5H,16H2,1H3,(H2,17,20)(H,18,19). The van der Waals surface area contributed by atoms with E-state index >= 15 is 0 Å². The summed E-state index contributed by atoms with van der Waals surface area (Å²) in [7, 11) is 1.56. The Balaban J connectivity index is 2.45. The number of anilines is 3. The van der Waals surface area contributed by atoms with Crippen LogP contribution in [-0.2, 0) is 0 Å². The molecule has 21 heavy (non-hydrogen) atoms. The molecule has 0 aliphatic heterocycles. The third kappa shape index (κ3) is 3.45. The van der Waals surface area contributed by atoms with Crippen molar-refractivity contribution < 1.29 is 9.53 Å². The van der Waals surface area contributed by atoms with Gasteiger partial charge in [-0.15, -0.1) is 0 Å². The van der Waals surface area contributed by atoms with E-state index in [0.29, 0.717) is 22.9 Å². The molecule has 0 spiro atoms. The summed E-state index contributed by atoms with van der Waals surface area (Å²) in [6.07, 6.45) is 1.44. The molecule has 2 aromatic rings. The van der Waals surface area contributed by atoms with Crippen LogP contribution in [-0.4, -0.2) is 18.0 Å². The van der Waals surface area contributed by atoms with E-state index in [0.717, 1.165) is 8.95 Å². The fraction of sp³-hybridized carbons (Fsp3) is 0.0769. The monoisotopic (exact) mass is 414 g/mol. The number of rotatable bonds is 4. The average Bonchev–Trinajstić information content (AvgIpc) is 2.43. The van der Waals surface area contributed by atoms with Gasteiger partial charge in [-0.2, -0.15) is 0 Å². The van der Waals surface area contributed by atoms with Gasteiger partial charge in [-0.05, 0) is 44.0 Å². The molecule has 0 radical (unpaired) electrons. The number of benzene rings is 1. The van der Waals surface area contributed by atoms with Crippen molar-refractivity contribution in [2.45, 2.75) is 0 Å². The second-order valence-corrected chi connectivity index (χ2v) is 5.83. The van der Waals surface area contributed by atoms with Gasteiger partial charge < -0.3 is 21.5 Å². The predicted molar refractivity (Wildman–Crippen MR) is 88.8 cm³/mol. The van der Waals surface area contributed by atoms with Gasteiger partial charge in [0.1, 0.15) is 11.6 Å². The lowest BCUT2D eigenvalue weighted by molar-refractivity contribution is 0.100. The molecule has 1 aromatic carbocycles. The van der Waals surface area contributed by atoms with Crippen LogP contribution in [0.1, 0.15) is 10.4 Å². The van der Waals surface area contributed by atoms with E-state index < -0.39 is 5.91 Å². The number of pyridine rings is 1. The van der Waals surface area contributed by atoms with E-state index in [9.17, 15) is 4.79 Å². The average molecular weight is 416 g/mol. The number of hydrogen-bond acceptors (Lipinski definition) is 5. The molecule has 1 amide bonds. The Kier molecular flexibility index (Phi) is 4.69. The topological polar surface area (TPSA) is 103 Å². The quantitative estimate of drug-likeness (QED) is 0.711. The maximum absolute atomic E-state index is 11.5. The highest BCUT2D eigenvalue weighted by Crippen LogP contribution is 2.36. The Morgan fingerprint density at radius 3 is 2.62 bits per heavy atom. The lowest BCUT2D eigenvalue weighted by Crippen LogP contribution is -2.15. The second-order valence-electron chi connectivity index (χ2n) is 4.12. The molecule has 110 valence electrons. The van der Waals surface area contributed by atoms with Crippen LogP contribution in [0.15, 0.2) is 33.3 Å². The van der Waals surface area contributed by atoms with Crippen molar-refractivity contribution in [2.75, 3.05) is 18.2 Å². The number of carbonyl (C=O) groups is 1. The number of nitrogens with one attached hydrogen (secondary N) is 1. The SMILES string of the molecule is COc1cc(Nc2ncc(N)cc2C(N)=O)c(Br)cc1Br. The molecule has 0 saturated carbocycles. The van der Waals surface area contributed by atoms with Gasteiger partial charge in [0.15, 0.2) is 0 Å². The first-order valence-electron chi connectivity index (χ1n) is 5.77. The summed E-state index contributed by atoms with van der Waals surface area (Å²) in [4.78, 5) is 15.6. The zero-order valence-corrected chi connectivity index (χ0v) is 14.2. The first kappa shape index (κ1) is 15.6. The number of ether oxygens (including phenoxy) is 1. The van der Waals surface area contributed by atoms with Crippen molar-refractivity contribution in [1.82, 2.24) is 4.98 Å². The van der Waals surface area contributed by atoms with Gasteiger partial charge in [-0.25, -0.2) is 4.98 Å². The van der Waals surface area contributed by atoms with Crippen molar-refractivity contribution in [3.8, 4) is 5.75 Å². The van der Waals surface area contributed by atoms with E-state index in [2.05, 4.69) is 42.2 Å². The first-order chi connectivity index (χ1) is 9.92. The summed E-state index contributed by atoms with van der Waals surface area (Å²) in [5.41, 5.74) is 12.2. The predicted octanol–water partition coefficient (Wildman–Crippen LogP) is 3.04. The highest BCUT2D eigenvalue weighted by molar-refractivity contribution is 9.11. The lowest BCUT2D eigenvalue weighted by atomic mass is 10.2. The maximum Gasteiger partial charge on any atom is 0.252 e. The molecule has 1 heterocycles. The van der Waals surface area contributed by atoms with E-state index in [1.165, 1.54) is 12.3 Å². The van der Waals surface area contributed by atoms with Gasteiger partial charge in [-0.3, -0.25) is 4.79 Å². The Hall–Kier alpha value is -1.80. The minimum atomic E-state index is -0.613. The Bertz CT molecular complexity index is 707. The van der Waals surface area contributed by atoms with Gasteiger partial charge >= 0.3 is 0 Å². The Morgan fingerprint density at radius 1 is 1.29 bits per heavy atom. The number of nitrogens with two attached hydrogens (primary N) is 2. The fourth-order valence-corrected chi connectivity index (χ4v) is 2.93. The summed E-state index contributed by atoms with van der Waals surface area (Å²) < 4.78 is 6.80. The van der Waals surface area contributed by atoms with Crippen molar-refractivity contribution in [3.63, 3.8) is 0 Å². The van der Waals surface area contributed by atoms with Crippen LogP contribution in [0.5, 0.6) is 5.75 Å². The number of nitrogens with zero attached hydrogens (tertiary/aromatic N) is 1. The molecule has 0 fully saturated rings. The Morgan fingerprint density at radius 2 is 2.00 bits per heavy atom. The highest BCUT2D eigenvalue weighted by atomic mass is 79.9. The smallest absolute Gasteiger partial charge is 0.252 e. The third-order valence-corrected chi connectivity index (χ3v) is 3.94. The van der Waals surface area contributed by atoms with Crippen LogP contribution in [0.3, 0.4) is 0 Å². The summed E-state index contributed by atoms with van der Waals surface area (Å²) >= 11 is 6.81. The van der Waals surface area contributed by atoms with Gasteiger partial charge in [-0.1, -0.05) is 0 Å². The fourth-order valence-electron chi connectivity index (χ4n) is 1.68. The molecular weight excluding hydrogens is 404 g/mol. The van der Waals surface area contributed by atoms with Crippen LogP contribution in [0.4, 0.5) is 17.2 Å². The van der Waals surface area contributed by atoms with Crippen LogP contribution >= 0.6 is 31.9 Å². The van der Waals surface area contributed by atoms with Crippen molar-refractivity contribution in [3.05, 3.63) is 38.9 Å². The zero-order chi connectivity index (χ0) is 15.6. The van der Waals surface area contributed by atoms with Gasteiger partial charge in [0.2, 0.25) is 0 Å². The van der Waals surface area contributed by atoms with Crippen LogP contribution in [0.2, 0.25) is 0 Å². The van der Waals surface area contributed by atoms with Crippen molar-refractivity contribution in [2.24, 2.45) is 5.73 Å². The maximum atomic E-state index is 11.5. The molecule has 0 unspecified atom stereocenters. The number of amides is 1. The lowest BCUT2D eigenvalue weighted by Gasteiger charge is -2.13. The van der Waals surface area contributed by atoms with Gasteiger partial charge in [0.05, 0.1) is 34.7 Å². The molecule has 0 bridgehead atoms. The molecule has 8 heteroatoms. The molecule has 6 nitrogen and oxygen atoms in total. The molecule has 1 aromatic heterocycles. The van der Waals surface area contributed by atoms with Crippen LogP contribution in [0, 0.1) is 0 Å². The summed E-state index contributed by atoms with van der Waals surface area (Å²) in [5.74, 6) is 0.344. The number of primary amides is 1. The number of aromatic nitrogens is 1. The number of halogens is 2. The summed E-state index contributed by atoms with van der Waals surface area (Å²) in [6, 6.07) is 5.06.